The number of hydrogen-bond donors (Lipinski definition) is 2. The van der Waals surface area contributed by atoms with Crippen LogP contribution in [0.4, 0.5) is 0 Å². The molecule has 0 spiro atoms. The van der Waals surface area contributed by atoms with Crippen molar-refractivity contribution in [2.24, 2.45) is 11.8 Å². The molecule has 2 fully saturated rings. The Balaban J connectivity index is 1.73. The first-order chi connectivity index (χ1) is 8.81. The average molecular weight is 254 g/mol. The molecule has 18 heavy (non-hydrogen) atoms. The first kappa shape index (κ1) is 13.8. The van der Waals surface area contributed by atoms with Gasteiger partial charge in [0.25, 0.3) is 0 Å². The number of ether oxygens (including phenoxy) is 1. The van der Waals surface area contributed by atoms with Crippen molar-refractivity contribution in [1.29, 1.82) is 0 Å². The van der Waals surface area contributed by atoms with Crippen LogP contribution in [-0.2, 0) is 9.53 Å². The summed E-state index contributed by atoms with van der Waals surface area (Å²) in [5.41, 5.74) is 0. The zero-order valence-electron chi connectivity index (χ0n) is 11.4. The summed E-state index contributed by atoms with van der Waals surface area (Å²) in [6, 6.07) is 0.456. The number of nitrogens with one attached hydrogen (secondary N) is 2. The van der Waals surface area contributed by atoms with Gasteiger partial charge in [0.15, 0.2) is 0 Å². The minimum absolute atomic E-state index is 0.0717. The molecule has 0 aromatic rings. The Morgan fingerprint density at radius 3 is 3.00 bits per heavy atom. The lowest BCUT2D eigenvalue weighted by molar-refractivity contribution is -0.129. The topological polar surface area (TPSA) is 50.4 Å². The van der Waals surface area contributed by atoms with E-state index in [1.807, 2.05) is 0 Å². The molecule has 2 heterocycles. The lowest BCUT2D eigenvalue weighted by Gasteiger charge is -2.32. The van der Waals surface area contributed by atoms with Crippen LogP contribution >= 0.6 is 0 Å². The average Bonchev–Trinajstić information content (AvgIpc) is 2.46. The summed E-state index contributed by atoms with van der Waals surface area (Å²) in [6.45, 7) is 5.51. The van der Waals surface area contributed by atoms with Crippen LogP contribution < -0.4 is 10.6 Å². The molecular formula is C14H26N2O2. The molecule has 0 bridgehead atoms. The van der Waals surface area contributed by atoms with Crippen molar-refractivity contribution in [1.82, 2.24) is 10.6 Å². The molecule has 2 aliphatic rings. The van der Waals surface area contributed by atoms with Crippen molar-refractivity contribution < 1.29 is 9.53 Å². The predicted octanol–water partition coefficient (Wildman–Crippen LogP) is 1.31. The largest absolute Gasteiger partial charge is 0.381 e. The number of carbonyl (C=O) groups excluding carboxylic acids is 1. The van der Waals surface area contributed by atoms with Crippen molar-refractivity contribution in [2.45, 2.75) is 45.1 Å². The Labute approximate surface area is 110 Å². The van der Waals surface area contributed by atoms with Gasteiger partial charge in [-0.15, -0.1) is 0 Å². The smallest absolute Gasteiger partial charge is 0.225 e. The minimum atomic E-state index is 0.0717. The highest BCUT2D eigenvalue weighted by molar-refractivity contribution is 5.78. The zero-order valence-corrected chi connectivity index (χ0v) is 11.4. The van der Waals surface area contributed by atoms with E-state index in [4.69, 9.17) is 4.74 Å². The van der Waals surface area contributed by atoms with Gasteiger partial charge < -0.3 is 15.4 Å². The summed E-state index contributed by atoms with van der Waals surface area (Å²) in [4.78, 5) is 12.0. The number of carbonyl (C=O) groups is 1. The molecule has 0 aliphatic carbocycles. The van der Waals surface area contributed by atoms with Crippen molar-refractivity contribution in [2.75, 3.05) is 26.3 Å². The Hall–Kier alpha value is -0.610. The van der Waals surface area contributed by atoms with Gasteiger partial charge >= 0.3 is 0 Å². The van der Waals surface area contributed by atoms with Crippen LogP contribution in [0.3, 0.4) is 0 Å². The van der Waals surface area contributed by atoms with E-state index in [2.05, 4.69) is 17.6 Å². The van der Waals surface area contributed by atoms with Crippen LogP contribution in [0.15, 0.2) is 0 Å². The first-order valence-corrected chi connectivity index (χ1v) is 7.40. The molecular weight excluding hydrogens is 228 g/mol. The zero-order chi connectivity index (χ0) is 12.8. The molecule has 2 N–H and O–H groups in total. The molecule has 3 atom stereocenters. The Bertz CT molecular complexity index is 265. The van der Waals surface area contributed by atoms with E-state index in [-0.39, 0.29) is 11.8 Å². The lowest BCUT2D eigenvalue weighted by atomic mass is 9.88. The Morgan fingerprint density at radius 2 is 2.28 bits per heavy atom. The van der Waals surface area contributed by atoms with Gasteiger partial charge in [0, 0.05) is 19.2 Å². The maximum absolute atomic E-state index is 12.0. The predicted molar refractivity (Wildman–Crippen MR) is 71.4 cm³/mol. The molecule has 3 unspecified atom stereocenters. The number of amides is 1. The molecule has 0 aromatic carbocycles. The van der Waals surface area contributed by atoms with Crippen molar-refractivity contribution in [3.05, 3.63) is 0 Å². The van der Waals surface area contributed by atoms with Gasteiger partial charge in [0.1, 0.15) is 0 Å². The Morgan fingerprint density at radius 1 is 1.39 bits per heavy atom. The summed E-state index contributed by atoms with van der Waals surface area (Å²) >= 11 is 0. The van der Waals surface area contributed by atoms with E-state index in [9.17, 15) is 4.79 Å². The third-order valence-electron chi connectivity index (χ3n) is 4.28. The third kappa shape index (κ3) is 3.69. The van der Waals surface area contributed by atoms with E-state index in [1.165, 1.54) is 19.3 Å². The molecule has 0 aromatic heterocycles. The molecule has 4 nitrogen and oxygen atoms in total. The second kappa shape index (κ2) is 7.10. The summed E-state index contributed by atoms with van der Waals surface area (Å²) in [7, 11) is 0. The van der Waals surface area contributed by atoms with Crippen LogP contribution in [0.25, 0.3) is 0 Å². The van der Waals surface area contributed by atoms with Crippen molar-refractivity contribution >= 4 is 5.91 Å². The van der Waals surface area contributed by atoms with Gasteiger partial charge in [-0.25, -0.2) is 0 Å². The van der Waals surface area contributed by atoms with E-state index >= 15 is 0 Å². The van der Waals surface area contributed by atoms with Gasteiger partial charge in [-0.2, -0.15) is 0 Å². The fraction of sp³-hybridized carbons (Fsp3) is 0.929. The van der Waals surface area contributed by atoms with Crippen LogP contribution in [0, 0.1) is 11.8 Å². The maximum Gasteiger partial charge on any atom is 0.225 e. The highest BCUT2D eigenvalue weighted by Crippen LogP contribution is 2.19. The SMILES string of the molecule is CCC1CCCNC1CNC(=O)C1CCCOC1. The highest BCUT2D eigenvalue weighted by atomic mass is 16.5. The van der Waals surface area contributed by atoms with E-state index in [0.29, 0.717) is 18.6 Å². The Kier molecular flexibility index (Phi) is 5.45. The van der Waals surface area contributed by atoms with Gasteiger partial charge in [0.2, 0.25) is 5.91 Å². The molecule has 2 rings (SSSR count). The molecule has 1 amide bonds. The molecule has 104 valence electrons. The minimum Gasteiger partial charge on any atom is -0.381 e. The van der Waals surface area contributed by atoms with Crippen molar-refractivity contribution in [3.8, 4) is 0 Å². The first-order valence-electron chi connectivity index (χ1n) is 7.40. The van der Waals surface area contributed by atoms with Crippen LogP contribution in [-0.4, -0.2) is 38.3 Å². The van der Waals surface area contributed by atoms with Gasteiger partial charge in [-0.1, -0.05) is 13.3 Å². The monoisotopic (exact) mass is 254 g/mol. The summed E-state index contributed by atoms with van der Waals surface area (Å²) in [5, 5.41) is 6.64. The normalized spacial score (nSPS) is 33.1. The standard InChI is InChI=1S/C14H26N2O2/c1-2-11-5-3-7-15-13(11)9-16-14(17)12-6-4-8-18-10-12/h11-13,15H,2-10H2,1H3,(H,16,17). The molecule has 2 aliphatic heterocycles. The second-order valence-corrected chi connectivity index (χ2v) is 5.53. The second-order valence-electron chi connectivity index (χ2n) is 5.53. The maximum atomic E-state index is 12.0. The summed E-state index contributed by atoms with van der Waals surface area (Å²) < 4.78 is 5.36. The summed E-state index contributed by atoms with van der Waals surface area (Å²) in [6.07, 6.45) is 5.73. The van der Waals surface area contributed by atoms with Crippen LogP contribution in [0.1, 0.15) is 39.0 Å². The van der Waals surface area contributed by atoms with Gasteiger partial charge in [0.05, 0.1) is 12.5 Å². The van der Waals surface area contributed by atoms with Crippen LogP contribution in [0.5, 0.6) is 0 Å². The fourth-order valence-corrected chi connectivity index (χ4v) is 3.05. The van der Waals surface area contributed by atoms with E-state index in [1.54, 1.807) is 0 Å². The van der Waals surface area contributed by atoms with E-state index in [0.717, 1.165) is 32.5 Å². The van der Waals surface area contributed by atoms with Crippen molar-refractivity contribution in [3.63, 3.8) is 0 Å². The summed E-state index contributed by atoms with van der Waals surface area (Å²) in [5.74, 6) is 0.959. The molecule has 4 heteroatoms. The van der Waals surface area contributed by atoms with E-state index < -0.39 is 0 Å². The molecule has 0 radical (unpaired) electrons. The highest BCUT2D eigenvalue weighted by Gasteiger charge is 2.26. The van der Waals surface area contributed by atoms with Crippen LogP contribution in [0.2, 0.25) is 0 Å². The third-order valence-corrected chi connectivity index (χ3v) is 4.28. The number of rotatable bonds is 4. The number of hydrogen-bond acceptors (Lipinski definition) is 3. The van der Waals surface area contributed by atoms with Gasteiger partial charge in [-0.3, -0.25) is 4.79 Å². The quantitative estimate of drug-likeness (QED) is 0.795. The molecule has 0 saturated carbocycles. The molecule has 2 saturated heterocycles. The number of piperidine rings is 1. The van der Waals surface area contributed by atoms with Gasteiger partial charge in [-0.05, 0) is 38.1 Å². The fourth-order valence-electron chi connectivity index (χ4n) is 3.05. The lowest BCUT2D eigenvalue weighted by Crippen LogP contribution is -2.49.